The topological polar surface area (TPSA) is 52.6 Å². The molecule has 0 spiro atoms. The van der Waals surface area contributed by atoms with E-state index >= 15 is 0 Å². The summed E-state index contributed by atoms with van der Waals surface area (Å²) in [5, 5.41) is 12.7. The average molecular weight is 278 g/mol. The number of carbonyl (C=O) groups is 1. The Morgan fingerprint density at radius 3 is 2.90 bits per heavy atom. The van der Waals surface area contributed by atoms with Crippen molar-refractivity contribution in [2.24, 2.45) is 11.8 Å². The second-order valence-electron chi connectivity index (χ2n) is 5.69. The SMILES string of the molecule is CNc1c(F)cccc1C(=O)N1CC2CCC(O)C2C1. The minimum atomic E-state index is -0.419. The first-order chi connectivity index (χ1) is 9.61. The highest BCUT2D eigenvalue weighted by Gasteiger charge is 2.43. The Labute approximate surface area is 117 Å². The first-order valence-corrected chi connectivity index (χ1v) is 7.05. The van der Waals surface area contributed by atoms with Crippen LogP contribution in [0, 0.1) is 17.7 Å². The van der Waals surface area contributed by atoms with Crippen LogP contribution >= 0.6 is 0 Å². The molecule has 1 amide bonds. The number of aliphatic hydroxyl groups excluding tert-OH is 1. The summed E-state index contributed by atoms with van der Waals surface area (Å²) in [5.41, 5.74) is 0.608. The monoisotopic (exact) mass is 278 g/mol. The van der Waals surface area contributed by atoms with E-state index in [1.54, 1.807) is 24.1 Å². The van der Waals surface area contributed by atoms with Gasteiger partial charge in [0.2, 0.25) is 0 Å². The Kier molecular flexibility index (Phi) is 3.38. The largest absolute Gasteiger partial charge is 0.393 e. The lowest BCUT2D eigenvalue weighted by atomic mass is 10.00. The predicted octanol–water partition coefficient (Wildman–Crippen LogP) is 1.71. The van der Waals surface area contributed by atoms with Gasteiger partial charge >= 0.3 is 0 Å². The number of benzene rings is 1. The van der Waals surface area contributed by atoms with E-state index in [4.69, 9.17) is 0 Å². The van der Waals surface area contributed by atoms with Crippen molar-refractivity contribution in [3.63, 3.8) is 0 Å². The molecule has 0 radical (unpaired) electrons. The molecule has 2 N–H and O–H groups in total. The molecule has 4 nitrogen and oxygen atoms in total. The number of carbonyl (C=O) groups excluding carboxylic acids is 1. The maximum Gasteiger partial charge on any atom is 0.256 e. The lowest BCUT2D eigenvalue weighted by Gasteiger charge is -2.20. The zero-order valence-corrected chi connectivity index (χ0v) is 11.5. The number of nitrogens with one attached hydrogen (secondary N) is 1. The van der Waals surface area contributed by atoms with Crippen molar-refractivity contribution in [1.82, 2.24) is 4.90 Å². The lowest BCUT2D eigenvalue weighted by molar-refractivity contribution is 0.0753. The van der Waals surface area contributed by atoms with Crippen molar-refractivity contribution in [2.75, 3.05) is 25.5 Å². The fraction of sp³-hybridized carbons (Fsp3) is 0.533. The maximum atomic E-state index is 13.7. The molecular formula is C15H19FN2O2. The van der Waals surface area contributed by atoms with E-state index < -0.39 is 5.82 Å². The highest BCUT2D eigenvalue weighted by atomic mass is 19.1. The number of para-hydroxylation sites is 1. The van der Waals surface area contributed by atoms with Gasteiger partial charge in [0.15, 0.2) is 0 Å². The summed E-state index contributed by atoms with van der Waals surface area (Å²) < 4.78 is 13.7. The Balaban J connectivity index is 1.82. The number of halogens is 1. The van der Waals surface area contributed by atoms with Crippen molar-refractivity contribution < 1.29 is 14.3 Å². The van der Waals surface area contributed by atoms with E-state index in [9.17, 15) is 14.3 Å². The van der Waals surface area contributed by atoms with Gasteiger partial charge in [-0.2, -0.15) is 0 Å². The molecule has 1 aliphatic heterocycles. The number of amides is 1. The van der Waals surface area contributed by atoms with Gasteiger partial charge in [-0.1, -0.05) is 6.07 Å². The second kappa shape index (κ2) is 5.05. The third-order valence-corrected chi connectivity index (χ3v) is 4.60. The van der Waals surface area contributed by atoms with Gasteiger partial charge in [0, 0.05) is 26.1 Å². The fourth-order valence-corrected chi connectivity index (χ4v) is 3.53. The molecule has 0 bridgehead atoms. The van der Waals surface area contributed by atoms with E-state index in [1.807, 2.05) is 0 Å². The minimum absolute atomic E-state index is 0.157. The van der Waals surface area contributed by atoms with Crippen molar-refractivity contribution in [1.29, 1.82) is 0 Å². The summed E-state index contributed by atoms with van der Waals surface area (Å²) in [4.78, 5) is 14.3. The highest BCUT2D eigenvalue weighted by molar-refractivity contribution is 5.99. The highest BCUT2D eigenvalue weighted by Crippen LogP contribution is 2.38. The van der Waals surface area contributed by atoms with E-state index in [0.29, 0.717) is 24.6 Å². The van der Waals surface area contributed by atoms with Gasteiger partial charge in [-0.3, -0.25) is 4.79 Å². The minimum Gasteiger partial charge on any atom is -0.393 e. The van der Waals surface area contributed by atoms with Crippen LogP contribution in [0.25, 0.3) is 0 Å². The number of rotatable bonds is 2. The lowest BCUT2D eigenvalue weighted by Crippen LogP contribution is -2.31. The van der Waals surface area contributed by atoms with E-state index in [-0.39, 0.29) is 23.6 Å². The number of anilines is 1. The van der Waals surface area contributed by atoms with Gasteiger partial charge in [0.25, 0.3) is 5.91 Å². The average Bonchev–Trinajstić information content (AvgIpc) is 3.00. The van der Waals surface area contributed by atoms with Crippen LogP contribution in [0.1, 0.15) is 23.2 Å². The number of hydrogen-bond donors (Lipinski definition) is 2. The number of fused-ring (bicyclic) bond motifs is 1. The molecule has 3 atom stereocenters. The van der Waals surface area contributed by atoms with Crippen molar-refractivity contribution in [3.05, 3.63) is 29.6 Å². The summed E-state index contributed by atoms with van der Waals surface area (Å²) >= 11 is 0. The van der Waals surface area contributed by atoms with Crippen molar-refractivity contribution in [3.8, 4) is 0 Å². The van der Waals surface area contributed by atoms with Crippen LogP contribution in [0.5, 0.6) is 0 Å². The number of aliphatic hydroxyl groups is 1. The van der Waals surface area contributed by atoms with Crippen LogP contribution < -0.4 is 5.32 Å². The molecule has 1 aromatic carbocycles. The Hall–Kier alpha value is -1.62. The van der Waals surface area contributed by atoms with Crippen LogP contribution in [-0.4, -0.2) is 42.2 Å². The Bertz CT molecular complexity index is 535. The molecule has 108 valence electrons. The standard InChI is InChI=1S/C15H19FN2O2/c1-17-14-10(3-2-4-12(14)16)15(20)18-7-9-5-6-13(19)11(9)8-18/h2-4,9,11,13,17,19H,5-8H2,1H3. The van der Waals surface area contributed by atoms with Gasteiger partial charge < -0.3 is 15.3 Å². The predicted molar refractivity (Wildman–Crippen MR) is 74.1 cm³/mol. The number of likely N-dealkylation sites (tertiary alicyclic amines) is 1. The molecule has 2 aliphatic rings. The first-order valence-electron chi connectivity index (χ1n) is 7.05. The zero-order valence-electron chi connectivity index (χ0n) is 11.5. The van der Waals surface area contributed by atoms with Gasteiger partial charge in [-0.25, -0.2) is 4.39 Å². The van der Waals surface area contributed by atoms with Crippen LogP contribution in [0.2, 0.25) is 0 Å². The first kappa shape index (κ1) is 13.4. The molecular weight excluding hydrogens is 259 g/mol. The molecule has 1 saturated heterocycles. The molecule has 2 fully saturated rings. The van der Waals surface area contributed by atoms with Crippen LogP contribution in [0.3, 0.4) is 0 Å². The maximum absolute atomic E-state index is 13.7. The molecule has 1 aliphatic carbocycles. The van der Waals surface area contributed by atoms with Crippen molar-refractivity contribution >= 4 is 11.6 Å². The number of nitrogens with zero attached hydrogens (tertiary/aromatic N) is 1. The molecule has 3 rings (SSSR count). The fourth-order valence-electron chi connectivity index (χ4n) is 3.53. The van der Waals surface area contributed by atoms with Crippen LogP contribution in [0.4, 0.5) is 10.1 Å². The van der Waals surface area contributed by atoms with Gasteiger partial charge in [-0.05, 0) is 30.9 Å². The summed E-state index contributed by atoms with van der Waals surface area (Å²) in [6.07, 6.45) is 1.51. The summed E-state index contributed by atoms with van der Waals surface area (Å²) in [7, 11) is 1.61. The molecule has 0 aromatic heterocycles. The third-order valence-electron chi connectivity index (χ3n) is 4.60. The van der Waals surface area contributed by atoms with Crippen LogP contribution in [-0.2, 0) is 0 Å². The Morgan fingerprint density at radius 1 is 1.40 bits per heavy atom. The quantitative estimate of drug-likeness (QED) is 0.866. The van der Waals surface area contributed by atoms with Gasteiger partial charge in [0.05, 0.1) is 17.4 Å². The summed E-state index contributed by atoms with van der Waals surface area (Å²) in [5.74, 6) is -0.000634. The normalized spacial score (nSPS) is 28.6. The van der Waals surface area contributed by atoms with Gasteiger partial charge in [-0.15, -0.1) is 0 Å². The van der Waals surface area contributed by atoms with Gasteiger partial charge in [0.1, 0.15) is 5.82 Å². The molecule has 1 heterocycles. The summed E-state index contributed by atoms with van der Waals surface area (Å²) in [6, 6.07) is 4.53. The molecule has 20 heavy (non-hydrogen) atoms. The van der Waals surface area contributed by atoms with E-state index in [1.165, 1.54) is 6.07 Å². The van der Waals surface area contributed by atoms with E-state index in [0.717, 1.165) is 12.8 Å². The zero-order chi connectivity index (χ0) is 14.3. The van der Waals surface area contributed by atoms with E-state index in [2.05, 4.69) is 5.32 Å². The Morgan fingerprint density at radius 2 is 2.20 bits per heavy atom. The molecule has 1 aromatic rings. The molecule has 1 saturated carbocycles. The molecule has 5 heteroatoms. The second-order valence-corrected chi connectivity index (χ2v) is 5.69. The smallest absolute Gasteiger partial charge is 0.256 e. The number of hydrogen-bond acceptors (Lipinski definition) is 3. The van der Waals surface area contributed by atoms with Crippen molar-refractivity contribution in [2.45, 2.75) is 18.9 Å². The molecule has 3 unspecified atom stereocenters. The summed E-state index contributed by atoms with van der Waals surface area (Å²) in [6.45, 7) is 1.24. The third kappa shape index (κ3) is 2.06. The van der Waals surface area contributed by atoms with Crippen LogP contribution in [0.15, 0.2) is 18.2 Å².